The number of carbonyl (C=O) groups is 4. The smallest absolute Gasteiger partial charge is 0.305 e. The van der Waals surface area contributed by atoms with E-state index in [1.54, 1.807) is 24.3 Å². The van der Waals surface area contributed by atoms with Crippen molar-refractivity contribution in [3.05, 3.63) is 29.8 Å². The lowest BCUT2D eigenvalue weighted by atomic mass is 10.1. The molecular formula is C18H24N4O6. The van der Waals surface area contributed by atoms with E-state index in [-0.39, 0.29) is 44.4 Å². The summed E-state index contributed by atoms with van der Waals surface area (Å²) in [6, 6.07) is 6.09. The predicted molar refractivity (Wildman–Crippen MR) is 102 cm³/mol. The van der Waals surface area contributed by atoms with E-state index < -0.39 is 23.9 Å². The summed E-state index contributed by atoms with van der Waals surface area (Å²) in [7, 11) is 0. The largest absolute Gasteiger partial charge is 0.481 e. The predicted octanol–water partition coefficient (Wildman–Crippen LogP) is 0.912. The van der Waals surface area contributed by atoms with Crippen LogP contribution in [0.5, 0.6) is 0 Å². The third kappa shape index (κ3) is 9.90. The zero-order valence-electron chi connectivity index (χ0n) is 15.3. The molecule has 1 rings (SSSR count). The van der Waals surface area contributed by atoms with Gasteiger partial charge in [0.25, 0.3) is 0 Å². The summed E-state index contributed by atoms with van der Waals surface area (Å²) < 4.78 is 0. The number of anilines is 1. The fourth-order valence-electron chi connectivity index (χ4n) is 2.42. The van der Waals surface area contributed by atoms with Crippen LogP contribution in [0.1, 0.15) is 44.1 Å². The Kier molecular flexibility index (Phi) is 9.73. The van der Waals surface area contributed by atoms with Gasteiger partial charge in [-0.15, -0.1) is 0 Å². The molecule has 2 amide bonds. The number of rotatable bonds is 12. The van der Waals surface area contributed by atoms with Crippen molar-refractivity contribution in [1.29, 1.82) is 0 Å². The summed E-state index contributed by atoms with van der Waals surface area (Å²) in [5, 5.41) is 26.1. The van der Waals surface area contributed by atoms with Gasteiger partial charge in [-0.05, 0) is 30.5 Å². The molecule has 0 fully saturated rings. The summed E-state index contributed by atoms with van der Waals surface area (Å²) in [5.74, 6) is 2.14. The van der Waals surface area contributed by atoms with Gasteiger partial charge in [-0.3, -0.25) is 19.2 Å². The SMILES string of the molecule is NN=Cc1ccc(NC(=O)CCC(=O)NC(CCCC(=O)O)CC(=O)O)cc1. The van der Waals surface area contributed by atoms with E-state index in [0.29, 0.717) is 5.69 Å². The quantitative estimate of drug-likeness (QED) is 0.200. The van der Waals surface area contributed by atoms with Crippen LogP contribution in [0.4, 0.5) is 5.69 Å². The van der Waals surface area contributed by atoms with Crippen molar-refractivity contribution in [1.82, 2.24) is 5.32 Å². The Hall–Kier alpha value is -3.43. The number of carbonyl (C=O) groups excluding carboxylic acids is 2. The molecular weight excluding hydrogens is 368 g/mol. The first kappa shape index (κ1) is 22.6. The minimum atomic E-state index is -1.10. The van der Waals surface area contributed by atoms with Crippen molar-refractivity contribution in [2.24, 2.45) is 10.9 Å². The van der Waals surface area contributed by atoms with E-state index in [2.05, 4.69) is 15.7 Å². The standard InChI is InChI=1S/C18H24N4O6/c19-20-11-12-4-6-13(7-5-12)21-15(23)8-9-16(24)22-14(10-18(27)28)2-1-3-17(25)26/h4-7,11,14H,1-3,8-10,19H2,(H,21,23)(H,22,24)(H,25,26)(H,27,28). The van der Waals surface area contributed by atoms with Crippen LogP contribution in [0.2, 0.25) is 0 Å². The second-order valence-corrected chi connectivity index (χ2v) is 6.10. The number of hydrazone groups is 1. The number of carboxylic acid groups (broad SMARTS) is 2. The molecule has 0 heterocycles. The normalized spacial score (nSPS) is 11.7. The minimum absolute atomic E-state index is 0.0766. The first-order chi connectivity index (χ1) is 13.3. The summed E-state index contributed by atoms with van der Waals surface area (Å²) in [6.45, 7) is 0. The lowest BCUT2D eigenvalue weighted by Gasteiger charge is -2.16. The molecule has 0 aliphatic heterocycles. The number of hydrogen-bond acceptors (Lipinski definition) is 6. The summed E-state index contributed by atoms with van der Waals surface area (Å²) in [6.07, 6.45) is 1.33. The highest BCUT2D eigenvalue weighted by Crippen LogP contribution is 2.10. The Balaban J connectivity index is 2.43. The number of amides is 2. The minimum Gasteiger partial charge on any atom is -0.481 e. The van der Waals surface area contributed by atoms with Crippen molar-refractivity contribution < 1.29 is 29.4 Å². The van der Waals surface area contributed by atoms with Crippen LogP contribution in [0, 0.1) is 0 Å². The third-order valence-corrected chi connectivity index (χ3v) is 3.73. The molecule has 0 radical (unpaired) electrons. The molecule has 0 aromatic heterocycles. The molecule has 0 saturated heterocycles. The highest BCUT2D eigenvalue weighted by molar-refractivity contribution is 5.93. The zero-order chi connectivity index (χ0) is 20.9. The highest BCUT2D eigenvalue weighted by Gasteiger charge is 2.17. The Morgan fingerprint density at radius 2 is 1.64 bits per heavy atom. The van der Waals surface area contributed by atoms with Crippen molar-refractivity contribution in [2.45, 2.75) is 44.6 Å². The molecule has 152 valence electrons. The van der Waals surface area contributed by atoms with Crippen LogP contribution < -0.4 is 16.5 Å². The summed E-state index contributed by atoms with van der Waals surface area (Å²) >= 11 is 0. The zero-order valence-corrected chi connectivity index (χ0v) is 15.3. The van der Waals surface area contributed by atoms with Gasteiger partial charge in [0.2, 0.25) is 11.8 Å². The lowest BCUT2D eigenvalue weighted by Crippen LogP contribution is -2.37. The van der Waals surface area contributed by atoms with Crippen LogP contribution in [0.15, 0.2) is 29.4 Å². The molecule has 0 aliphatic carbocycles. The number of nitrogens with two attached hydrogens (primary N) is 1. The number of nitrogens with one attached hydrogen (secondary N) is 2. The van der Waals surface area contributed by atoms with E-state index in [1.807, 2.05) is 0 Å². The van der Waals surface area contributed by atoms with Crippen molar-refractivity contribution in [3.8, 4) is 0 Å². The van der Waals surface area contributed by atoms with Crippen molar-refractivity contribution >= 4 is 35.7 Å². The second-order valence-electron chi connectivity index (χ2n) is 6.10. The fourth-order valence-corrected chi connectivity index (χ4v) is 2.42. The molecule has 0 saturated carbocycles. The van der Waals surface area contributed by atoms with Crippen LogP contribution in [-0.2, 0) is 19.2 Å². The van der Waals surface area contributed by atoms with Gasteiger partial charge in [0, 0.05) is 31.0 Å². The first-order valence-electron chi connectivity index (χ1n) is 8.66. The van der Waals surface area contributed by atoms with Gasteiger partial charge >= 0.3 is 11.9 Å². The van der Waals surface area contributed by atoms with Crippen LogP contribution in [0.25, 0.3) is 0 Å². The first-order valence-corrected chi connectivity index (χ1v) is 8.66. The Morgan fingerprint density at radius 1 is 1.00 bits per heavy atom. The highest BCUT2D eigenvalue weighted by atomic mass is 16.4. The molecule has 0 spiro atoms. The molecule has 6 N–H and O–H groups in total. The number of aliphatic carboxylic acids is 2. The Labute approximate surface area is 161 Å². The van der Waals surface area contributed by atoms with Gasteiger partial charge in [0.15, 0.2) is 0 Å². The van der Waals surface area contributed by atoms with E-state index in [9.17, 15) is 19.2 Å². The van der Waals surface area contributed by atoms with Gasteiger partial charge in [-0.25, -0.2) is 0 Å². The van der Waals surface area contributed by atoms with Crippen LogP contribution >= 0.6 is 0 Å². The van der Waals surface area contributed by atoms with Gasteiger partial charge in [0.05, 0.1) is 12.6 Å². The van der Waals surface area contributed by atoms with E-state index >= 15 is 0 Å². The molecule has 1 aromatic carbocycles. The van der Waals surface area contributed by atoms with E-state index in [0.717, 1.165) is 5.56 Å². The number of benzene rings is 1. The molecule has 0 bridgehead atoms. The number of nitrogens with zero attached hydrogens (tertiary/aromatic N) is 1. The molecule has 0 aliphatic rings. The van der Waals surface area contributed by atoms with Crippen LogP contribution in [0.3, 0.4) is 0 Å². The number of carboxylic acids is 2. The van der Waals surface area contributed by atoms with E-state index in [4.69, 9.17) is 16.1 Å². The monoisotopic (exact) mass is 392 g/mol. The maximum atomic E-state index is 12.0. The molecule has 10 nitrogen and oxygen atoms in total. The van der Waals surface area contributed by atoms with E-state index in [1.165, 1.54) is 6.21 Å². The second kappa shape index (κ2) is 12.0. The third-order valence-electron chi connectivity index (χ3n) is 3.73. The van der Waals surface area contributed by atoms with Crippen molar-refractivity contribution in [3.63, 3.8) is 0 Å². The molecule has 1 aromatic rings. The number of hydrogen-bond donors (Lipinski definition) is 5. The summed E-state index contributed by atoms with van der Waals surface area (Å²) in [5.41, 5.74) is 1.32. The maximum absolute atomic E-state index is 12.0. The van der Waals surface area contributed by atoms with Crippen molar-refractivity contribution in [2.75, 3.05) is 5.32 Å². The van der Waals surface area contributed by atoms with Gasteiger partial charge in [-0.1, -0.05) is 12.1 Å². The lowest BCUT2D eigenvalue weighted by molar-refractivity contribution is -0.138. The average Bonchev–Trinajstić information content (AvgIpc) is 2.61. The molecule has 10 heteroatoms. The Bertz CT molecular complexity index is 717. The maximum Gasteiger partial charge on any atom is 0.305 e. The molecule has 1 unspecified atom stereocenters. The molecule has 1 atom stereocenters. The van der Waals surface area contributed by atoms with Crippen LogP contribution in [-0.4, -0.2) is 46.2 Å². The average molecular weight is 392 g/mol. The van der Waals surface area contributed by atoms with Gasteiger partial charge in [-0.2, -0.15) is 5.10 Å². The van der Waals surface area contributed by atoms with Gasteiger partial charge in [0.1, 0.15) is 0 Å². The Morgan fingerprint density at radius 3 is 2.21 bits per heavy atom. The topological polar surface area (TPSA) is 171 Å². The van der Waals surface area contributed by atoms with Gasteiger partial charge < -0.3 is 26.7 Å². The molecule has 28 heavy (non-hydrogen) atoms. The summed E-state index contributed by atoms with van der Waals surface area (Å²) in [4.78, 5) is 45.3. The fraction of sp³-hybridized carbons (Fsp3) is 0.389.